The van der Waals surface area contributed by atoms with Crippen LogP contribution in [0.2, 0.25) is 0 Å². The van der Waals surface area contributed by atoms with Crippen LogP contribution in [0.4, 0.5) is 11.4 Å². The summed E-state index contributed by atoms with van der Waals surface area (Å²) in [5.74, 6) is 0. The molecule has 1 amide bonds. The monoisotopic (exact) mass is 388 g/mol. The number of carbonyl (C=O) groups is 1. The number of nitrogens with one attached hydrogen (secondary N) is 2. The quantitative estimate of drug-likeness (QED) is 0.635. The minimum atomic E-state index is -3.47. The van der Waals surface area contributed by atoms with Crippen molar-refractivity contribution in [2.24, 2.45) is 0 Å². The second-order valence-corrected chi connectivity index (χ2v) is 8.44. The smallest absolute Gasteiger partial charge is 0.229 e. The summed E-state index contributed by atoms with van der Waals surface area (Å²) in [6, 6.07) is 12.9. The van der Waals surface area contributed by atoms with Crippen LogP contribution in [0.25, 0.3) is 10.1 Å². The molecule has 3 rings (SSSR count). The van der Waals surface area contributed by atoms with E-state index in [1.54, 1.807) is 17.5 Å². The molecule has 1 heterocycles. The second-order valence-electron chi connectivity index (χ2n) is 5.78. The van der Waals surface area contributed by atoms with Gasteiger partial charge in [-0.05, 0) is 29.7 Å². The van der Waals surface area contributed by atoms with E-state index < -0.39 is 10.0 Å². The van der Waals surface area contributed by atoms with Crippen LogP contribution in [0.15, 0.2) is 52.6 Å². The topological polar surface area (TPSA) is 92.3 Å². The Morgan fingerprint density at radius 3 is 2.50 bits per heavy atom. The van der Waals surface area contributed by atoms with Gasteiger partial charge in [-0.25, -0.2) is 8.42 Å². The zero-order chi connectivity index (χ0) is 18.7. The Hall–Kier alpha value is -2.71. The summed E-state index contributed by atoms with van der Waals surface area (Å²) in [5.41, 5.74) is 2.01. The van der Waals surface area contributed by atoms with Crippen LogP contribution in [-0.2, 0) is 21.2 Å². The van der Waals surface area contributed by atoms with E-state index in [2.05, 4.69) is 10.0 Å². The van der Waals surface area contributed by atoms with Crippen molar-refractivity contribution in [3.63, 3.8) is 0 Å². The highest BCUT2D eigenvalue weighted by Gasteiger charge is 2.13. The zero-order valence-corrected chi connectivity index (χ0v) is 15.5. The van der Waals surface area contributed by atoms with Crippen molar-refractivity contribution in [1.82, 2.24) is 0 Å². The lowest BCUT2D eigenvalue weighted by molar-refractivity contribution is -0.105. The van der Waals surface area contributed by atoms with Crippen molar-refractivity contribution in [2.45, 2.75) is 6.42 Å². The van der Waals surface area contributed by atoms with E-state index in [-0.39, 0.29) is 11.1 Å². The molecule has 0 atom stereocenters. The maximum Gasteiger partial charge on any atom is 0.229 e. The average Bonchev–Trinajstić information content (AvgIpc) is 2.58. The molecule has 2 aromatic carbocycles. The first-order chi connectivity index (χ1) is 12.4. The van der Waals surface area contributed by atoms with Crippen molar-refractivity contribution in [2.75, 3.05) is 16.3 Å². The number of fused-ring (bicyclic) bond motifs is 1. The molecule has 26 heavy (non-hydrogen) atoms. The van der Waals surface area contributed by atoms with E-state index in [1.807, 2.05) is 30.3 Å². The molecule has 8 heteroatoms. The summed E-state index contributed by atoms with van der Waals surface area (Å²) >= 11 is 1.26. The number of carbonyl (C=O) groups excluding carboxylic acids is 1. The van der Waals surface area contributed by atoms with Crippen LogP contribution in [0.3, 0.4) is 0 Å². The first-order valence-corrected chi connectivity index (χ1v) is 10.4. The summed E-state index contributed by atoms with van der Waals surface area (Å²) in [6.07, 6.45) is 2.01. The third-order valence-electron chi connectivity index (χ3n) is 3.75. The van der Waals surface area contributed by atoms with Crippen LogP contribution in [0.1, 0.15) is 11.1 Å². The summed E-state index contributed by atoms with van der Waals surface area (Å²) < 4.78 is 26.6. The van der Waals surface area contributed by atoms with Gasteiger partial charge in [-0.1, -0.05) is 30.3 Å². The molecule has 0 aliphatic rings. The summed E-state index contributed by atoms with van der Waals surface area (Å²) in [7, 11) is -3.47. The van der Waals surface area contributed by atoms with Gasteiger partial charge in [0.2, 0.25) is 21.9 Å². The van der Waals surface area contributed by atoms with Gasteiger partial charge in [-0.2, -0.15) is 0 Å². The van der Waals surface area contributed by atoms with Gasteiger partial charge < -0.3 is 5.32 Å². The van der Waals surface area contributed by atoms with Crippen LogP contribution >= 0.6 is 11.3 Å². The van der Waals surface area contributed by atoms with Crippen molar-refractivity contribution >= 4 is 49.2 Å². The van der Waals surface area contributed by atoms with Gasteiger partial charge >= 0.3 is 0 Å². The molecule has 0 bridgehead atoms. The first-order valence-electron chi connectivity index (χ1n) is 7.68. The van der Waals surface area contributed by atoms with Crippen LogP contribution < -0.4 is 15.5 Å². The van der Waals surface area contributed by atoms with Crippen molar-refractivity contribution in [1.29, 1.82) is 0 Å². The lowest BCUT2D eigenvalue weighted by atomic mass is 10.0. The molecule has 0 spiro atoms. The Kier molecular flexibility index (Phi) is 5.06. The Morgan fingerprint density at radius 1 is 1.12 bits per heavy atom. The predicted molar refractivity (Wildman–Crippen MR) is 105 cm³/mol. The van der Waals surface area contributed by atoms with Gasteiger partial charge in [0.05, 0.1) is 17.6 Å². The lowest BCUT2D eigenvalue weighted by Gasteiger charge is -2.13. The molecular formula is C18H16N2O4S2. The van der Waals surface area contributed by atoms with Crippen LogP contribution in [0.5, 0.6) is 0 Å². The number of rotatable bonds is 6. The Balaban J connectivity index is 2.19. The number of anilines is 2. The van der Waals surface area contributed by atoms with E-state index in [9.17, 15) is 18.0 Å². The van der Waals surface area contributed by atoms with Crippen molar-refractivity contribution in [3.05, 3.63) is 69.2 Å². The Bertz CT molecular complexity index is 1120. The highest BCUT2D eigenvalue weighted by Crippen LogP contribution is 2.29. The fourth-order valence-corrected chi connectivity index (χ4v) is 4.11. The van der Waals surface area contributed by atoms with Crippen molar-refractivity contribution < 1.29 is 13.2 Å². The molecule has 0 saturated heterocycles. The minimum absolute atomic E-state index is 0.201. The highest BCUT2D eigenvalue weighted by atomic mass is 32.2. The molecule has 0 unspecified atom stereocenters. The van der Waals surface area contributed by atoms with E-state index in [0.29, 0.717) is 34.2 Å². The maximum absolute atomic E-state index is 12.6. The molecule has 1 aromatic heterocycles. The Morgan fingerprint density at radius 2 is 1.85 bits per heavy atom. The molecule has 3 aromatic rings. The fraction of sp³-hybridized carbons (Fsp3) is 0.111. The molecule has 2 N–H and O–H groups in total. The maximum atomic E-state index is 12.6. The molecule has 0 fully saturated rings. The molecule has 134 valence electrons. The number of benzene rings is 2. The molecule has 0 aliphatic carbocycles. The number of sulfonamides is 1. The first kappa shape index (κ1) is 18.1. The summed E-state index contributed by atoms with van der Waals surface area (Å²) in [6.45, 7) is 0. The van der Waals surface area contributed by atoms with E-state index in [0.717, 1.165) is 11.8 Å². The van der Waals surface area contributed by atoms with Crippen LogP contribution in [-0.4, -0.2) is 21.1 Å². The Labute approximate surface area is 154 Å². The average molecular weight is 388 g/mol. The lowest BCUT2D eigenvalue weighted by Crippen LogP contribution is -2.13. The predicted octanol–water partition coefficient (Wildman–Crippen LogP) is 2.79. The standard InChI is InChI=1S/C18H16N2O4S2/c1-26(23,24)20-15-9-17-14(18(22)16(10-25-17)19-11-21)8-13(15)7-12-5-3-2-4-6-12/h2-6,8-11,20H,7H2,1H3,(H,19,21). The zero-order valence-electron chi connectivity index (χ0n) is 13.9. The van der Waals surface area contributed by atoms with Gasteiger partial charge in [0.15, 0.2) is 0 Å². The summed E-state index contributed by atoms with van der Waals surface area (Å²) in [4.78, 5) is 23.2. The fourth-order valence-electron chi connectivity index (χ4n) is 2.64. The van der Waals surface area contributed by atoms with E-state index >= 15 is 0 Å². The largest absolute Gasteiger partial charge is 0.325 e. The van der Waals surface area contributed by atoms with Gasteiger partial charge in [-0.3, -0.25) is 14.3 Å². The molecule has 0 radical (unpaired) electrons. The number of hydrogen-bond donors (Lipinski definition) is 2. The van der Waals surface area contributed by atoms with Gasteiger partial charge in [0, 0.05) is 15.5 Å². The molecule has 0 saturated carbocycles. The third kappa shape index (κ3) is 4.09. The number of amides is 1. The minimum Gasteiger partial charge on any atom is -0.325 e. The molecular weight excluding hydrogens is 372 g/mol. The summed E-state index contributed by atoms with van der Waals surface area (Å²) in [5, 5.41) is 4.37. The third-order valence-corrected chi connectivity index (χ3v) is 5.28. The van der Waals surface area contributed by atoms with Crippen LogP contribution in [0, 0.1) is 0 Å². The van der Waals surface area contributed by atoms with Crippen molar-refractivity contribution in [3.8, 4) is 0 Å². The van der Waals surface area contributed by atoms with Gasteiger partial charge in [-0.15, -0.1) is 11.3 Å². The number of hydrogen-bond acceptors (Lipinski definition) is 5. The SMILES string of the molecule is CS(=O)(=O)Nc1cc2scc(NC=O)c(=O)c2cc1Cc1ccccc1. The van der Waals surface area contributed by atoms with Gasteiger partial charge in [0.1, 0.15) is 0 Å². The molecule has 6 nitrogen and oxygen atoms in total. The molecule has 0 aliphatic heterocycles. The van der Waals surface area contributed by atoms with E-state index in [4.69, 9.17) is 0 Å². The highest BCUT2D eigenvalue weighted by molar-refractivity contribution is 7.92. The van der Waals surface area contributed by atoms with Gasteiger partial charge in [0.25, 0.3) is 0 Å². The second kappa shape index (κ2) is 7.27. The normalized spacial score (nSPS) is 11.3. The van der Waals surface area contributed by atoms with E-state index in [1.165, 1.54) is 11.3 Å².